The Morgan fingerprint density at radius 1 is 0.850 bits per heavy atom. The van der Waals surface area contributed by atoms with Gasteiger partial charge in [0.25, 0.3) is 0 Å². The summed E-state index contributed by atoms with van der Waals surface area (Å²) in [6.07, 6.45) is 2.16. The zero-order valence-corrected chi connectivity index (χ0v) is 12.4. The van der Waals surface area contributed by atoms with Crippen molar-refractivity contribution in [1.29, 1.82) is 0 Å². The van der Waals surface area contributed by atoms with Gasteiger partial charge in [0, 0.05) is 13.1 Å². The third-order valence-electron chi connectivity index (χ3n) is 3.54. The van der Waals surface area contributed by atoms with Gasteiger partial charge in [-0.15, -0.1) is 0 Å². The van der Waals surface area contributed by atoms with Gasteiger partial charge in [0.05, 0.1) is 7.11 Å². The fraction of sp³-hybridized carbons (Fsp3) is 0.333. The summed E-state index contributed by atoms with van der Waals surface area (Å²) in [4.78, 5) is 2.38. The molecule has 0 amide bonds. The van der Waals surface area contributed by atoms with Gasteiger partial charge in [-0.25, -0.2) is 0 Å². The van der Waals surface area contributed by atoms with Gasteiger partial charge < -0.3 is 9.64 Å². The number of ether oxygens (including phenoxy) is 1. The second-order valence-corrected chi connectivity index (χ2v) is 5.14. The maximum Gasteiger partial charge on any atom is 0.119 e. The van der Waals surface area contributed by atoms with Crippen molar-refractivity contribution < 1.29 is 4.74 Å². The minimum absolute atomic E-state index is 0.939. The van der Waals surface area contributed by atoms with Crippen molar-refractivity contribution in [2.45, 2.75) is 12.8 Å². The normalized spacial score (nSPS) is 10.8. The molecule has 0 spiro atoms. The van der Waals surface area contributed by atoms with Gasteiger partial charge in [-0.2, -0.15) is 0 Å². The molecule has 0 heterocycles. The Labute approximate surface area is 122 Å². The van der Waals surface area contributed by atoms with E-state index in [-0.39, 0.29) is 0 Å². The Morgan fingerprint density at radius 3 is 2.20 bits per heavy atom. The molecule has 0 N–H and O–H groups in total. The van der Waals surface area contributed by atoms with E-state index in [2.05, 4.69) is 60.5 Å². The van der Waals surface area contributed by atoms with E-state index in [1.807, 2.05) is 6.07 Å². The van der Waals surface area contributed by atoms with Crippen LogP contribution >= 0.6 is 0 Å². The molecule has 0 aliphatic heterocycles. The molecule has 0 aliphatic carbocycles. The number of hydrogen-bond acceptors (Lipinski definition) is 2. The maximum atomic E-state index is 5.25. The maximum absolute atomic E-state index is 5.25. The summed E-state index contributed by atoms with van der Waals surface area (Å²) in [7, 11) is 3.90. The number of methoxy groups -OCH3 is 1. The third-order valence-corrected chi connectivity index (χ3v) is 3.54. The van der Waals surface area contributed by atoms with Gasteiger partial charge >= 0.3 is 0 Å². The van der Waals surface area contributed by atoms with E-state index in [0.717, 1.165) is 31.7 Å². The van der Waals surface area contributed by atoms with Crippen LogP contribution in [0, 0.1) is 0 Å². The average molecular weight is 269 g/mol. The Kier molecular flexibility index (Phi) is 5.63. The number of nitrogens with zero attached hydrogens (tertiary/aromatic N) is 1. The molecule has 0 saturated carbocycles. The molecule has 0 aliphatic rings. The molecule has 2 nitrogen and oxygen atoms in total. The first-order valence-corrected chi connectivity index (χ1v) is 7.13. The molecule has 2 rings (SSSR count). The van der Waals surface area contributed by atoms with E-state index in [9.17, 15) is 0 Å². The number of hydrogen-bond donors (Lipinski definition) is 0. The molecule has 0 aromatic heterocycles. The van der Waals surface area contributed by atoms with Crippen LogP contribution in [0.1, 0.15) is 11.1 Å². The second kappa shape index (κ2) is 7.71. The highest BCUT2D eigenvalue weighted by atomic mass is 16.5. The standard InChI is InChI=1S/C18H23NO/c1-19(13-11-16-7-4-3-5-8-16)14-12-17-9-6-10-18(15-17)20-2/h3-10,15H,11-14H2,1-2H3. The van der Waals surface area contributed by atoms with Crippen LogP contribution in [0.15, 0.2) is 54.6 Å². The molecule has 0 fully saturated rings. The topological polar surface area (TPSA) is 12.5 Å². The lowest BCUT2D eigenvalue weighted by atomic mass is 10.1. The minimum atomic E-state index is 0.939. The van der Waals surface area contributed by atoms with E-state index < -0.39 is 0 Å². The van der Waals surface area contributed by atoms with Crippen molar-refractivity contribution in [1.82, 2.24) is 4.90 Å². The van der Waals surface area contributed by atoms with E-state index >= 15 is 0 Å². The molecular weight excluding hydrogens is 246 g/mol. The highest BCUT2D eigenvalue weighted by Crippen LogP contribution is 2.13. The molecular formula is C18H23NO. The van der Waals surface area contributed by atoms with Gasteiger partial charge in [0.2, 0.25) is 0 Å². The van der Waals surface area contributed by atoms with Crippen molar-refractivity contribution in [3.63, 3.8) is 0 Å². The Balaban J connectivity index is 1.75. The first kappa shape index (κ1) is 14.6. The highest BCUT2D eigenvalue weighted by Gasteiger charge is 2.01. The lowest BCUT2D eigenvalue weighted by molar-refractivity contribution is 0.342. The monoisotopic (exact) mass is 269 g/mol. The van der Waals surface area contributed by atoms with Crippen LogP contribution in [-0.2, 0) is 12.8 Å². The predicted octanol–water partition coefficient (Wildman–Crippen LogP) is 3.41. The fourth-order valence-electron chi connectivity index (χ4n) is 2.22. The summed E-state index contributed by atoms with van der Waals surface area (Å²) in [6, 6.07) is 19.0. The highest BCUT2D eigenvalue weighted by molar-refractivity contribution is 5.28. The van der Waals surface area contributed by atoms with E-state index in [1.165, 1.54) is 11.1 Å². The molecule has 0 atom stereocenters. The smallest absolute Gasteiger partial charge is 0.119 e. The predicted molar refractivity (Wildman–Crippen MR) is 84.3 cm³/mol. The van der Waals surface area contributed by atoms with Crippen LogP contribution in [0.25, 0.3) is 0 Å². The van der Waals surface area contributed by atoms with Gasteiger partial charge in [-0.05, 0) is 43.1 Å². The molecule has 2 heteroatoms. The van der Waals surface area contributed by atoms with Crippen LogP contribution in [0.3, 0.4) is 0 Å². The first-order chi connectivity index (χ1) is 9.78. The first-order valence-electron chi connectivity index (χ1n) is 7.13. The summed E-state index contributed by atoms with van der Waals surface area (Å²) in [5.74, 6) is 0.939. The van der Waals surface area contributed by atoms with Crippen molar-refractivity contribution in [3.05, 3.63) is 65.7 Å². The largest absolute Gasteiger partial charge is 0.497 e. The van der Waals surface area contributed by atoms with Crippen molar-refractivity contribution in [2.24, 2.45) is 0 Å². The quantitative estimate of drug-likeness (QED) is 0.763. The van der Waals surface area contributed by atoms with Crippen LogP contribution in [-0.4, -0.2) is 32.1 Å². The molecule has 0 radical (unpaired) electrons. The summed E-state index contributed by atoms with van der Waals surface area (Å²) < 4.78 is 5.25. The molecule has 0 bridgehead atoms. The van der Waals surface area contributed by atoms with E-state index in [0.29, 0.717) is 0 Å². The van der Waals surface area contributed by atoms with Gasteiger partial charge in [-0.1, -0.05) is 42.5 Å². The van der Waals surface area contributed by atoms with Crippen molar-refractivity contribution in [3.8, 4) is 5.75 Å². The Hall–Kier alpha value is -1.80. The summed E-state index contributed by atoms with van der Waals surface area (Å²) in [6.45, 7) is 2.16. The van der Waals surface area contributed by atoms with Crippen LogP contribution in [0.5, 0.6) is 5.75 Å². The van der Waals surface area contributed by atoms with E-state index in [4.69, 9.17) is 4.74 Å². The van der Waals surface area contributed by atoms with Gasteiger partial charge in [0.1, 0.15) is 5.75 Å². The third kappa shape index (κ3) is 4.71. The van der Waals surface area contributed by atoms with E-state index in [1.54, 1.807) is 7.11 Å². The average Bonchev–Trinajstić information content (AvgIpc) is 2.52. The van der Waals surface area contributed by atoms with Gasteiger partial charge in [-0.3, -0.25) is 0 Å². The number of likely N-dealkylation sites (N-methyl/N-ethyl adjacent to an activating group) is 1. The summed E-state index contributed by atoms with van der Waals surface area (Å²) in [5, 5.41) is 0. The number of benzene rings is 2. The molecule has 0 saturated heterocycles. The van der Waals surface area contributed by atoms with Crippen LogP contribution in [0.2, 0.25) is 0 Å². The summed E-state index contributed by atoms with van der Waals surface area (Å²) >= 11 is 0. The van der Waals surface area contributed by atoms with Crippen molar-refractivity contribution >= 4 is 0 Å². The molecule has 106 valence electrons. The molecule has 2 aromatic carbocycles. The Bertz CT molecular complexity index is 510. The number of rotatable bonds is 7. The molecule has 0 unspecified atom stereocenters. The van der Waals surface area contributed by atoms with Gasteiger partial charge in [0.15, 0.2) is 0 Å². The lowest BCUT2D eigenvalue weighted by Gasteiger charge is -2.16. The summed E-state index contributed by atoms with van der Waals surface area (Å²) in [5.41, 5.74) is 2.73. The molecule has 20 heavy (non-hydrogen) atoms. The Morgan fingerprint density at radius 2 is 1.50 bits per heavy atom. The van der Waals surface area contributed by atoms with Crippen LogP contribution in [0.4, 0.5) is 0 Å². The minimum Gasteiger partial charge on any atom is -0.497 e. The SMILES string of the molecule is COc1cccc(CCN(C)CCc2ccccc2)c1. The van der Waals surface area contributed by atoms with Crippen molar-refractivity contribution in [2.75, 3.05) is 27.2 Å². The zero-order valence-electron chi connectivity index (χ0n) is 12.4. The molecule has 2 aromatic rings. The fourth-order valence-corrected chi connectivity index (χ4v) is 2.22. The van der Waals surface area contributed by atoms with Crippen LogP contribution < -0.4 is 4.74 Å². The zero-order chi connectivity index (χ0) is 14.2. The second-order valence-electron chi connectivity index (χ2n) is 5.14. The lowest BCUT2D eigenvalue weighted by Crippen LogP contribution is -2.23.